The van der Waals surface area contributed by atoms with E-state index in [-0.39, 0.29) is 18.5 Å². The summed E-state index contributed by atoms with van der Waals surface area (Å²) in [7, 11) is 3.16. The molecule has 3 amide bonds. The van der Waals surface area contributed by atoms with E-state index >= 15 is 0 Å². The van der Waals surface area contributed by atoms with Crippen LogP contribution in [0.1, 0.15) is 5.56 Å². The molecule has 0 saturated heterocycles. The van der Waals surface area contributed by atoms with Gasteiger partial charge in [0.15, 0.2) is 0 Å². The molecule has 2 aromatic carbocycles. The summed E-state index contributed by atoms with van der Waals surface area (Å²) in [4.78, 5) is 25.2. The third-order valence-corrected chi connectivity index (χ3v) is 3.59. The predicted molar refractivity (Wildman–Crippen MR) is 98.9 cm³/mol. The van der Waals surface area contributed by atoms with Gasteiger partial charge in [-0.15, -0.1) is 0 Å². The monoisotopic (exact) mass is 361 g/mol. The number of carbonyl (C=O) groups is 2. The van der Waals surface area contributed by atoms with Crippen molar-refractivity contribution in [1.29, 1.82) is 0 Å². The molecule has 0 saturated carbocycles. The molecule has 0 atom stereocenters. The van der Waals surface area contributed by atoms with Gasteiger partial charge in [-0.1, -0.05) is 23.7 Å². The first-order chi connectivity index (χ1) is 12.0. The quantitative estimate of drug-likeness (QED) is 0.826. The molecule has 0 aliphatic carbocycles. The summed E-state index contributed by atoms with van der Waals surface area (Å²) in [5.74, 6) is -0.236. The molecule has 7 heteroatoms. The Morgan fingerprint density at radius 3 is 2.32 bits per heavy atom. The summed E-state index contributed by atoms with van der Waals surface area (Å²) in [6.07, 6.45) is 0. The number of rotatable bonds is 6. The van der Waals surface area contributed by atoms with E-state index in [4.69, 9.17) is 16.3 Å². The van der Waals surface area contributed by atoms with Crippen LogP contribution >= 0.6 is 11.6 Å². The van der Waals surface area contributed by atoms with Gasteiger partial charge in [0, 0.05) is 37.1 Å². The molecular formula is C18H20ClN3O3. The molecule has 132 valence electrons. The third-order valence-electron chi connectivity index (χ3n) is 3.35. The van der Waals surface area contributed by atoms with Crippen molar-refractivity contribution in [2.24, 2.45) is 0 Å². The number of ether oxygens (including phenoxy) is 1. The molecule has 0 spiro atoms. The van der Waals surface area contributed by atoms with E-state index in [0.29, 0.717) is 22.9 Å². The second kappa shape index (κ2) is 9.05. The molecular weight excluding hydrogens is 342 g/mol. The number of carbonyl (C=O) groups excluding carboxylic acids is 2. The Morgan fingerprint density at radius 2 is 1.72 bits per heavy atom. The van der Waals surface area contributed by atoms with Gasteiger partial charge in [-0.25, -0.2) is 4.79 Å². The zero-order chi connectivity index (χ0) is 18.2. The number of benzene rings is 2. The van der Waals surface area contributed by atoms with Gasteiger partial charge in [0.25, 0.3) is 0 Å². The molecule has 25 heavy (non-hydrogen) atoms. The van der Waals surface area contributed by atoms with Crippen LogP contribution in [0.3, 0.4) is 0 Å². The minimum atomic E-state index is -0.240. The van der Waals surface area contributed by atoms with E-state index in [0.717, 1.165) is 5.56 Å². The lowest BCUT2D eigenvalue weighted by Gasteiger charge is -2.18. The van der Waals surface area contributed by atoms with Crippen LogP contribution < -0.4 is 10.6 Å². The van der Waals surface area contributed by atoms with Crippen LogP contribution in [0.5, 0.6) is 0 Å². The largest absolute Gasteiger partial charge is 0.375 e. The Bertz CT molecular complexity index is 735. The van der Waals surface area contributed by atoms with Gasteiger partial charge >= 0.3 is 6.03 Å². The minimum absolute atomic E-state index is 0.00716. The van der Waals surface area contributed by atoms with E-state index in [1.165, 1.54) is 7.11 Å². The van der Waals surface area contributed by atoms with Crippen molar-refractivity contribution in [3.05, 3.63) is 59.1 Å². The van der Waals surface area contributed by atoms with Crippen LogP contribution in [0, 0.1) is 0 Å². The highest BCUT2D eigenvalue weighted by Crippen LogP contribution is 2.15. The lowest BCUT2D eigenvalue weighted by Crippen LogP contribution is -2.30. The van der Waals surface area contributed by atoms with Crippen molar-refractivity contribution in [3.8, 4) is 0 Å². The molecule has 0 aromatic heterocycles. The average molecular weight is 362 g/mol. The molecule has 0 unspecified atom stereocenters. The summed E-state index contributed by atoms with van der Waals surface area (Å²) in [6, 6.07) is 14.0. The molecule has 2 aromatic rings. The van der Waals surface area contributed by atoms with Gasteiger partial charge in [0.05, 0.1) is 0 Å². The average Bonchev–Trinajstić information content (AvgIpc) is 2.57. The number of hydrogen-bond acceptors (Lipinski definition) is 3. The summed E-state index contributed by atoms with van der Waals surface area (Å²) in [5.41, 5.74) is 2.21. The minimum Gasteiger partial charge on any atom is -0.375 e. The first-order valence-electron chi connectivity index (χ1n) is 7.63. The van der Waals surface area contributed by atoms with Crippen molar-refractivity contribution in [3.63, 3.8) is 0 Å². The molecule has 0 heterocycles. The van der Waals surface area contributed by atoms with Crippen LogP contribution in [0.15, 0.2) is 48.5 Å². The highest BCUT2D eigenvalue weighted by Gasteiger charge is 2.10. The highest BCUT2D eigenvalue weighted by molar-refractivity contribution is 6.30. The van der Waals surface area contributed by atoms with Gasteiger partial charge in [0.1, 0.15) is 6.61 Å². The van der Waals surface area contributed by atoms with Crippen LogP contribution in [-0.2, 0) is 16.1 Å². The van der Waals surface area contributed by atoms with Crippen LogP contribution in [0.4, 0.5) is 16.2 Å². The second-order valence-electron chi connectivity index (χ2n) is 5.47. The van der Waals surface area contributed by atoms with Gasteiger partial charge in [-0.2, -0.15) is 0 Å². The maximum absolute atomic E-state index is 12.2. The fourth-order valence-corrected chi connectivity index (χ4v) is 2.38. The van der Waals surface area contributed by atoms with E-state index in [2.05, 4.69) is 10.6 Å². The van der Waals surface area contributed by atoms with E-state index in [1.807, 2.05) is 18.2 Å². The van der Waals surface area contributed by atoms with Crippen LogP contribution in [-0.4, -0.2) is 37.6 Å². The number of halogens is 1. The molecule has 2 N–H and O–H groups in total. The highest BCUT2D eigenvalue weighted by atomic mass is 35.5. The zero-order valence-corrected chi connectivity index (χ0v) is 14.8. The lowest BCUT2D eigenvalue weighted by molar-refractivity contribution is -0.119. The van der Waals surface area contributed by atoms with Crippen molar-refractivity contribution in [2.75, 3.05) is 31.4 Å². The van der Waals surface area contributed by atoms with Crippen molar-refractivity contribution < 1.29 is 14.3 Å². The standard InChI is InChI=1S/C18H20ClN3O3/c1-22(11-13-4-3-5-14(19)10-13)18(24)21-16-8-6-15(7-9-16)20-17(23)12-25-2/h3-10H,11-12H2,1-2H3,(H,20,23)(H,21,24). The fraction of sp³-hybridized carbons (Fsp3) is 0.222. The lowest BCUT2D eigenvalue weighted by atomic mass is 10.2. The predicted octanol–water partition coefficient (Wildman–Crippen LogP) is 3.59. The molecule has 0 bridgehead atoms. The SMILES string of the molecule is COCC(=O)Nc1ccc(NC(=O)N(C)Cc2cccc(Cl)c2)cc1. The zero-order valence-electron chi connectivity index (χ0n) is 14.1. The summed E-state index contributed by atoms with van der Waals surface area (Å²) >= 11 is 5.95. The Balaban J connectivity index is 1.90. The van der Waals surface area contributed by atoms with E-state index in [9.17, 15) is 9.59 Å². The van der Waals surface area contributed by atoms with Crippen molar-refractivity contribution in [2.45, 2.75) is 6.54 Å². The number of urea groups is 1. The van der Waals surface area contributed by atoms with Gasteiger partial charge in [0.2, 0.25) is 5.91 Å². The third kappa shape index (κ3) is 6.10. The summed E-state index contributed by atoms with van der Waals surface area (Å²) in [6.45, 7) is 0.435. The Hall–Kier alpha value is -2.57. The van der Waals surface area contributed by atoms with E-state index < -0.39 is 0 Å². The summed E-state index contributed by atoms with van der Waals surface area (Å²) in [5, 5.41) is 6.12. The molecule has 0 aliphatic heterocycles. The maximum atomic E-state index is 12.2. The van der Waals surface area contributed by atoms with Crippen LogP contribution in [0.2, 0.25) is 5.02 Å². The number of hydrogen-bond donors (Lipinski definition) is 2. The van der Waals surface area contributed by atoms with Gasteiger partial charge < -0.3 is 20.3 Å². The fourth-order valence-electron chi connectivity index (χ4n) is 2.16. The first kappa shape index (κ1) is 18.8. The Kier molecular flexibility index (Phi) is 6.80. The molecule has 2 rings (SSSR count). The van der Waals surface area contributed by atoms with E-state index in [1.54, 1.807) is 42.3 Å². The van der Waals surface area contributed by atoms with Gasteiger partial charge in [-0.05, 0) is 42.0 Å². The number of nitrogens with one attached hydrogen (secondary N) is 2. The Morgan fingerprint density at radius 1 is 1.08 bits per heavy atom. The normalized spacial score (nSPS) is 10.2. The van der Waals surface area contributed by atoms with Crippen molar-refractivity contribution in [1.82, 2.24) is 4.90 Å². The summed E-state index contributed by atoms with van der Waals surface area (Å²) < 4.78 is 4.75. The smallest absolute Gasteiger partial charge is 0.321 e. The number of nitrogens with zero attached hydrogens (tertiary/aromatic N) is 1. The number of amides is 3. The van der Waals surface area contributed by atoms with Gasteiger partial charge in [-0.3, -0.25) is 4.79 Å². The van der Waals surface area contributed by atoms with Crippen LogP contribution in [0.25, 0.3) is 0 Å². The molecule has 0 aliphatic rings. The van der Waals surface area contributed by atoms with Crippen molar-refractivity contribution >= 4 is 34.9 Å². The second-order valence-corrected chi connectivity index (χ2v) is 5.91. The molecule has 0 radical (unpaired) electrons. The topological polar surface area (TPSA) is 70.7 Å². The number of anilines is 2. The molecule has 0 fully saturated rings. The molecule has 6 nitrogen and oxygen atoms in total. The Labute approximate surface area is 151 Å². The maximum Gasteiger partial charge on any atom is 0.321 e. The number of methoxy groups -OCH3 is 1. The first-order valence-corrected chi connectivity index (χ1v) is 8.01.